The van der Waals surface area contributed by atoms with Crippen molar-refractivity contribution in [2.45, 2.75) is 32.6 Å². The van der Waals surface area contributed by atoms with Gasteiger partial charge in [0, 0.05) is 32.2 Å². The second kappa shape index (κ2) is 10.8. The second-order valence-electron chi connectivity index (χ2n) is 6.42. The molecule has 0 unspecified atom stereocenters. The Morgan fingerprint density at radius 1 is 1.08 bits per heavy atom. The topological polar surface area (TPSA) is 64.1 Å². The van der Waals surface area contributed by atoms with E-state index >= 15 is 0 Å². The maximum absolute atomic E-state index is 5.41. The largest absolute Gasteiger partial charge is 0.493 e. The van der Waals surface area contributed by atoms with Crippen LogP contribution in [0.5, 0.6) is 11.5 Å². The Labute approximate surface area is 152 Å². The van der Waals surface area contributed by atoms with Gasteiger partial charge in [0.05, 0.1) is 20.8 Å². The quantitative estimate of drug-likeness (QED) is 0.385. The van der Waals surface area contributed by atoms with Crippen molar-refractivity contribution in [2.75, 3.05) is 47.6 Å². The fourth-order valence-electron chi connectivity index (χ4n) is 2.39. The zero-order chi connectivity index (χ0) is 18.7. The third-order valence-corrected chi connectivity index (χ3v) is 3.96. The molecule has 0 fully saturated rings. The summed E-state index contributed by atoms with van der Waals surface area (Å²) in [7, 11) is 5.01. The van der Waals surface area contributed by atoms with Crippen LogP contribution in [-0.2, 0) is 10.2 Å². The van der Waals surface area contributed by atoms with Crippen molar-refractivity contribution in [1.82, 2.24) is 10.6 Å². The first kappa shape index (κ1) is 21.1. The molecule has 1 aromatic rings. The van der Waals surface area contributed by atoms with Crippen LogP contribution in [0.1, 0.15) is 32.8 Å². The first-order valence-corrected chi connectivity index (χ1v) is 8.72. The number of aliphatic imine (C=N–C) groups is 1. The molecule has 6 nitrogen and oxygen atoms in total. The summed E-state index contributed by atoms with van der Waals surface area (Å²) in [5, 5.41) is 6.61. The first-order valence-electron chi connectivity index (χ1n) is 8.72. The summed E-state index contributed by atoms with van der Waals surface area (Å²) in [5.74, 6) is 2.30. The fraction of sp³-hybridized carbons (Fsp3) is 0.632. The highest BCUT2D eigenvalue weighted by atomic mass is 16.5. The Bertz CT molecular complexity index is 545. The number of nitrogens with one attached hydrogen (secondary N) is 2. The van der Waals surface area contributed by atoms with Gasteiger partial charge in [-0.1, -0.05) is 19.9 Å². The number of hydrogen-bond acceptors (Lipinski definition) is 4. The summed E-state index contributed by atoms with van der Waals surface area (Å²) >= 11 is 0. The molecule has 0 atom stereocenters. The summed E-state index contributed by atoms with van der Waals surface area (Å²) in [5.41, 5.74) is 1.03. The molecule has 6 heteroatoms. The number of guanidine groups is 1. The van der Waals surface area contributed by atoms with Crippen molar-refractivity contribution in [3.8, 4) is 11.5 Å². The van der Waals surface area contributed by atoms with Gasteiger partial charge in [0.15, 0.2) is 17.5 Å². The van der Waals surface area contributed by atoms with Crippen LogP contribution in [0, 0.1) is 0 Å². The van der Waals surface area contributed by atoms with Gasteiger partial charge < -0.3 is 24.8 Å². The summed E-state index contributed by atoms with van der Waals surface area (Å²) in [6.07, 6.45) is 0.944. The Hall–Kier alpha value is -1.95. The molecule has 1 rings (SSSR count). The van der Waals surface area contributed by atoms with Crippen molar-refractivity contribution in [3.63, 3.8) is 0 Å². The maximum atomic E-state index is 5.41. The molecule has 0 aliphatic heterocycles. The molecule has 25 heavy (non-hydrogen) atoms. The van der Waals surface area contributed by atoms with E-state index in [2.05, 4.69) is 37.5 Å². The standard InChI is InChI=1S/C19H33N3O3/c1-7-20-18(21-11-8-12-23-4)22-14-19(2,3)15-9-10-16(24-5)17(13-15)25-6/h9-10,13H,7-8,11-12,14H2,1-6H3,(H2,20,21,22). The smallest absolute Gasteiger partial charge is 0.191 e. The van der Waals surface area contributed by atoms with Crippen LogP contribution in [0.25, 0.3) is 0 Å². The lowest BCUT2D eigenvalue weighted by molar-refractivity contribution is 0.195. The number of methoxy groups -OCH3 is 3. The van der Waals surface area contributed by atoms with Crippen LogP contribution in [0.15, 0.2) is 23.2 Å². The number of nitrogens with zero attached hydrogens (tertiary/aromatic N) is 1. The van der Waals surface area contributed by atoms with E-state index in [0.29, 0.717) is 6.54 Å². The van der Waals surface area contributed by atoms with Crippen molar-refractivity contribution < 1.29 is 14.2 Å². The minimum Gasteiger partial charge on any atom is -0.493 e. The molecule has 1 aromatic carbocycles. The van der Waals surface area contributed by atoms with Gasteiger partial charge in [-0.25, -0.2) is 0 Å². The van der Waals surface area contributed by atoms with E-state index in [1.54, 1.807) is 21.3 Å². The summed E-state index contributed by atoms with van der Waals surface area (Å²) in [6.45, 7) is 9.46. The van der Waals surface area contributed by atoms with Crippen molar-refractivity contribution in [1.29, 1.82) is 0 Å². The first-order chi connectivity index (χ1) is 12.0. The summed E-state index contributed by atoms with van der Waals surface area (Å²) in [6, 6.07) is 6.02. The molecule has 0 heterocycles. The van der Waals surface area contributed by atoms with Gasteiger partial charge in [-0.2, -0.15) is 0 Å². The Morgan fingerprint density at radius 3 is 2.40 bits per heavy atom. The molecule has 142 valence electrons. The van der Waals surface area contributed by atoms with Crippen molar-refractivity contribution in [2.24, 2.45) is 4.99 Å². The van der Waals surface area contributed by atoms with Gasteiger partial charge in [-0.05, 0) is 31.0 Å². The molecule has 0 spiro atoms. The Kier molecular flexibility index (Phi) is 9.13. The van der Waals surface area contributed by atoms with Gasteiger partial charge in [0.1, 0.15) is 0 Å². The molecule has 0 bridgehead atoms. The van der Waals surface area contributed by atoms with Crippen molar-refractivity contribution >= 4 is 5.96 Å². The van der Waals surface area contributed by atoms with Crippen LogP contribution in [0.3, 0.4) is 0 Å². The third-order valence-electron chi connectivity index (χ3n) is 3.96. The van der Waals surface area contributed by atoms with Crippen LogP contribution in [0.2, 0.25) is 0 Å². The molecule has 0 aromatic heterocycles. The van der Waals surface area contributed by atoms with E-state index in [4.69, 9.17) is 19.2 Å². The molecule has 0 radical (unpaired) electrons. The predicted octanol–water partition coefficient (Wildman–Crippen LogP) is 2.57. The van der Waals surface area contributed by atoms with Crippen LogP contribution in [0.4, 0.5) is 0 Å². The van der Waals surface area contributed by atoms with E-state index < -0.39 is 0 Å². The lowest BCUT2D eigenvalue weighted by Gasteiger charge is -2.25. The SMILES string of the molecule is CCNC(=NCC(C)(C)c1ccc(OC)c(OC)c1)NCCCOC. The number of benzene rings is 1. The van der Waals surface area contributed by atoms with E-state index in [9.17, 15) is 0 Å². The Morgan fingerprint density at radius 2 is 1.80 bits per heavy atom. The summed E-state index contributed by atoms with van der Waals surface area (Å²) in [4.78, 5) is 4.74. The molecule has 0 aliphatic rings. The number of rotatable bonds is 10. The normalized spacial score (nSPS) is 12.0. The zero-order valence-electron chi connectivity index (χ0n) is 16.4. The van der Waals surface area contributed by atoms with Crippen LogP contribution < -0.4 is 20.1 Å². The molecule has 0 amide bonds. The van der Waals surface area contributed by atoms with E-state index in [-0.39, 0.29) is 5.41 Å². The molecule has 0 saturated carbocycles. The minimum atomic E-state index is -0.131. The fourth-order valence-corrected chi connectivity index (χ4v) is 2.39. The maximum Gasteiger partial charge on any atom is 0.191 e. The van der Waals surface area contributed by atoms with Gasteiger partial charge in [0.25, 0.3) is 0 Å². The van der Waals surface area contributed by atoms with Gasteiger partial charge in [0.2, 0.25) is 0 Å². The van der Waals surface area contributed by atoms with Crippen LogP contribution >= 0.6 is 0 Å². The third kappa shape index (κ3) is 6.82. The average molecular weight is 351 g/mol. The number of ether oxygens (including phenoxy) is 3. The highest BCUT2D eigenvalue weighted by Crippen LogP contribution is 2.33. The summed E-state index contributed by atoms with van der Waals surface area (Å²) < 4.78 is 15.8. The molecular formula is C19H33N3O3. The van der Waals surface area contributed by atoms with E-state index in [1.807, 2.05) is 12.1 Å². The highest BCUT2D eigenvalue weighted by molar-refractivity contribution is 5.79. The van der Waals surface area contributed by atoms with Gasteiger partial charge in [-0.15, -0.1) is 0 Å². The zero-order valence-corrected chi connectivity index (χ0v) is 16.4. The van der Waals surface area contributed by atoms with Crippen LogP contribution in [-0.4, -0.2) is 53.5 Å². The lowest BCUT2D eigenvalue weighted by Crippen LogP contribution is -2.39. The van der Waals surface area contributed by atoms with E-state index in [1.165, 1.54) is 0 Å². The van der Waals surface area contributed by atoms with E-state index in [0.717, 1.165) is 49.1 Å². The van der Waals surface area contributed by atoms with Gasteiger partial charge >= 0.3 is 0 Å². The molecule has 2 N–H and O–H groups in total. The lowest BCUT2D eigenvalue weighted by atomic mass is 9.84. The average Bonchev–Trinajstić information content (AvgIpc) is 2.62. The Balaban J connectivity index is 2.82. The monoisotopic (exact) mass is 351 g/mol. The molecular weight excluding hydrogens is 318 g/mol. The molecule has 0 saturated heterocycles. The second-order valence-corrected chi connectivity index (χ2v) is 6.42. The van der Waals surface area contributed by atoms with Crippen molar-refractivity contribution in [3.05, 3.63) is 23.8 Å². The minimum absolute atomic E-state index is 0.131. The predicted molar refractivity (Wildman–Crippen MR) is 103 cm³/mol. The number of hydrogen-bond donors (Lipinski definition) is 2. The van der Waals surface area contributed by atoms with Gasteiger partial charge in [-0.3, -0.25) is 4.99 Å². The highest BCUT2D eigenvalue weighted by Gasteiger charge is 2.22. The molecule has 0 aliphatic carbocycles.